The van der Waals surface area contributed by atoms with Crippen LogP contribution in [-0.2, 0) is 0 Å². The summed E-state index contributed by atoms with van der Waals surface area (Å²) < 4.78 is 0. The predicted octanol–water partition coefficient (Wildman–Crippen LogP) is 2.92. The first kappa shape index (κ1) is 16.3. The maximum absolute atomic E-state index is 9.64. The summed E-state index contributed by atoms with van der Waals surface area (Å²) in [6, 6.07) is 1.47. The van der Waals surface area contributed by atoms with Gasteiger partial charge in [-0.25, -0.2) is 0 Å². The van der Waals surface area contributed by atoms with Gasteiger partial charge < -0.3 is 15.3 Å². The highest BCUT2D eigenvalue weighted by molar-refractivity contribution is 4.92. The van der Waals surface area contributed by atoms with E-state index in [0.717, 1.165) is 12.5 Å². The molecule has 2 rings (SSSR count). The number of rotatable bonds is 8. The van der Waals surface area contributed by atoms with Crippen LogP contribution in [-0.4, -0.2) is 47.8 Å². The van der Waals surface area contributed by atoms with Gasteiger partial charge in [0, 0.05) is 17.6 Å². The minimum atomic E-state index is -0.0640. The molecular weight excluding hydrogens is 248 g/mol. The largest absolute Gasteiger partial charge is 0.394 e. The molecule has 0 saturated heterocycles. The van der Waals surface area contributed by atoms with Gasteiger partial charge in [-0.2, -0.15) is 0 Å². The maximum atomic E-state index is 9.64. The summed E-state index contributed by atoms with van der Waals surface area (Å²) in [7, 11) is 2.29. The highest BCUT2D eigenvalue weighted by atomic mass is 16.3. The van der Waals surface area contributed by atoms with Gasteiger partial charge in [0.15, 0.2) is 0 Å². The average Bonchev–Trinajstić information content (AvgIpc) is 3.24. The monoisotopic (exact) mass is 282 g/mol. The normalized spacial score (nSPS) is 24.6. The molecule has 2 fully saturated rings. The van der Waals surface area contributed by atoms with Gasteiger partial charge in [-0.1, -0.05) is 25.7 Å². The van der Waals surface area contributed by atoms with Gasteiger partial charge in [-0.05, 0) is 59.0 Å². The summed E-state index contributed by atoms with van der Waals surface area (Å²) >= 11 is 0. The summed E-state index contributed by atoms with van der Waals surface area (Å²) in [6.45, 7) is 3.61. The van der Waals surface area contributed by atoms with Crippen molar-refractivity contribution in [2.75, 3.05) is 20.2 Å². The molecule has 0 radical (unpaired) electrons. The molecule has 118 valence electrons. The molecule has 0 aromatic carbocycles. The van der Waals surface area contributed by atoms with Crippen molar-refractivity contribution in [2.24, 2.45) is 0 Å². The molecule has 0 spiro atoms. The fourth-order valence-corrected chi connectivity index (χ4v) is 3.52. The summed E-state index contributed by atoms with van der Waals surface area (Å²) in [5.74, 6) is 0. The van der Waals surface area contributed by atoms with Gasteiger partial charge in [-0.3, -0.25) is 0 Å². The Morgan fingerprint density at radius 1 is 1.10 bits per heavy atom. The fourth-order valence-electron chi connectivity index (χ4n) is 3.52. The van der Waals surface area contributed by atoms with Crippen LogP contribution < -0.4 is 5.32 Å². The quantitative estimate of drug-likeness (QED) is 0.672. The predicted molar refractivity (Wildman–Crippen MR) is 85.0 cm³/mol. The van der Waals surface area contributed by atoms with Crippen molar-refractivity contribution in [3.8, 4) is 0 Å². The van der Waals surface area contributed by atoms with E-state index >= 15 is 0 Å². The van der Waals surface area contributed by atoms with Gasteiger partial charge >= 0.3 is 0 Å². The van der Waals surface area contributed by atoms with Crippen LogP contribution in [0.5, 0.6) is 0 Å². The minimum absolute atomic E-state index is 0.0640. The zero-order valence-electron chi connectivity index (χ0n) is 13.5. The number of hydrogen-bond acceptors (Lipinski definition) is 3. The molecule has 0 amide bonds. The average molecular weight is 282 g/mol. The Balaban J connectivity index is 1.67. The Morgan fingerprint density at radius 2 is 1.75 bits per heavy atom. The third-order valence-electron chi connectivity index (χ3n) is 5.17. The maximum Gasteiger partial charge on any atom is 0.0610 e. The second-order valence-corrected chi connectivity index (χ2v) is 7.37. The lowest BCUT2D eigenvalue weighted by Gasteiger charge is -2.32. The number of aliphatic hydroxyl groups excluding tert-OH is 1. The zero-order valence-corrected chi connectivity index (χ0v) is 13.5. The van der Waals surface area contributed by atoms with Crippen molar-refractivity contribution in [1.29, 1.82) is 0 Å². The molecule has 0 aromatic rings. The van der Waals surface area contributed by atoms with Crippen molar-refractivity contribution >= 4 is 0 Å². The smallest absolute Gasteiger partial charge is 0.0610 e. The van der Waals surface area contributed by atoms with Gasteiger partial charge in [0.1, 0.15) is 0 Å². The number of nitrogens with one attached hydrogen (secondary N) is 1. The molecular formula is C17H34N2O. The lowest BCUT2D eigenvalue weighted by molar-refractivity contribution is 0.150. The number of nitrogens with zero attached hydrogens (tertiary/aromatic N) is 1. The van der Waals surface area contributed by atoms with E-state index in [1.807, 2.05) is 0 Å². The van der Waals surface area contributed by atoms with Gasteiger partial charge in [0.05, 0.1) is 6.61 Å². The molecule has 0 bridgehead atoms. The zero-order chi connectivity index (χ0) is 14.4. The van der Waals surface area contributed by atoms with E-state index in [0.29, 0.717) is 6.04 Å². The summed E-state index contributed by atoms with van der Waals surface area (Å²) in [6.07, 6.45) is 13.3. The lowest BCUT2D eigenvalue weighted by Crippen LogP contribution is -2.47. The molecule has 3 heteroatoms. The molecule has 1 unspecified atom stereocenters. The first-order chi connectivity index (χ1) is 9.63. The molecule has 2 saturated carbocycles. The second-order valence-electron chi connectivity index (χ2n) is 7.37. The van der Waals surface area contributed by atoms with Crippen molar-refractivity contribution < 1.29 is 5.11 Å². The molecule has 1 atom stereocenters. The summed E-state index contributed by atoms with van der Waals surface area (Å²) in [4.78, 5) is 2.57. The fraction of sp³-hybridized carbons (Fsp3) is 1.00. The Kier molecular flexibility index (Phi) is 6.31. The Labute approximate surface area is 125 Å². The Bertz CT molecular complexity index is 272. The number of aliphatic hydroxyl groups is 1. The van der Waals surface area contributed by atoms with Crippen molar-refractivity contribution in [2.45, 2.75) is 88.8 Å². The summed E-state index contributed by atoms with van der Waals surface area (Å²) in [5, 5.41) is 13.2. The molecule has 0 aliphatic heterocycles. The van der Waals surface area contributed by atoms with Gasteiger partial charge in [0.25, 0.3) is 0 Å². The van der Waals surface area contributed by atoms with E-state index in [1.165, 1.54) is 64.3 Å². The number of hydrogen-bond donors (Lipinski definition) is 2. The van der Waals surface area contributed by atoms with E-state index in [4.69, 9.17) is 0 Å². The van der Waals surface area contributed by atoms with E-state index in [9.17, 15) is 5.11 Å². The highest BCUT2D eigenvalue weighted by Crippen LogP contribution is 2.25. The lowest BCUT2D eigenvalue weighted by atomic mass is 9.96. The summed E-state index contributed by atoms with van der Waals surface area (Å²) in [5.41, 5.74) is -0.0640. The van der Waals surface area contributed by atoms with Gasteiger partial charge in [-0.15, -0.1) is 0 Å². The van der Waals surface area contributed by atoms with Crippen LogP contribution in [0.3, 0.4) is 0 Å². The van der Waals surface area contributed by atoms with Crippen LogP contribution in [0, 0.1) is 0 Å². The van der Waals surface area contributed by atoms with Crippen molar-refractivity contribution in [3.63, 3.8) is 0 Å². The Hall–Kier alpha value is -0.120. The standard InChI is InChI=1S/C17H34N2O/c1-17(14-20,18-15-10-11-15)12-7-13-19(2)16-8-5-3-4-6-9-16/h15-16,18,20H,3-14H2,1-2H3. The third-order valence-corrected chi connectivity index (χ3v) is 5.17. The minimum Gasteiger partial charge on any atom is -0.394 e. The molecule has 0 heterocycles. The first-order valence-electron chi connectivity index (χ1n) is 8.72. The van der Waals surface area contributed by atoms with E-state index in [1.54, 1.807) is 0 Å². The van der Waals surface area contributed by atoms with E-state index < -0.39 is 0 Å². The van der Waals surface area contributed by atoms with Crippen LogP contribution in [0.15, 0.2) is 0 Å². The van der Waals surface area contributed by atoms with E-state index in [-0.39, 0.29) is 12.1 Å². The molecule has 2 N–H and O–H groups in total. The van der Waals surface area contributed by atoms with E-state index in [2.05, 4.69) is 24.2 Å². The molecule has 2 aliphatic carbocycles. The molecule has 2 aliphatic rings. The molecule has 3 nitrogen and oxygen atoms in total. The van der Waals surface area contributed by atoms with Crippen LogP contribution in [0.2, 0.25) is 0 Å². The van der Waals surface area contributed by atoms with Crippen molar-refractivity contribution in [1.82, 2.24) is 10.2 Å². The molecule has 0 aromatic heterocycles. The van der Waals surface area contributed by atoms with Crippen LogP contribution >= 0.6 is 0 Å². The SMILES string of the molecule is CN(CCCC(C)(CO)NC1CC1)C1CCCCCC1. The van der Waals surface area contributed by atoms with Gasteiger partial charge in [0.2, 0.25) is 0 Å². The highest BCUT2D eigenvalue weighted by Gasteiger charge is 2.31. The van der Waals surface area contributed by atoms with Crippen LogP contribution in [0.25, 0.3) is 0 Å². The third kappa shape index (κ3) is 5.34. The van der Waals surface area contributed by atoms with Crippen LogP contribution in [0.4, 0.5) is 0 Å². The Morgan fingerprint density at radius 3 is 2.30 bits per heavy atom. The van der Waals surface area contributed by atoms with Crippen molar-refractivity contribution in [3.05, 3.63) is 0 Å². The second kappa shape index (κ2) is 7.77. The van der Waals surface area contributed by atoms with Crippen LogP contribution in [0.1, 0.15) is 71.1 Å². The first-order valence-corrected chi connectivity index (χ1v) is 8.72. The topological polar surface area (TPSA) is 35.5 Å². The molecule has 20 heavy (non-hydrogen) atoms.